The molecule has 0 saturated carbocycles. The molecule has 10 heteroatoms. The van der Waals surface area contributed by atoms with Crippen molar-refractivity contribution in [2.75, 3.05) is 11.9 Å². The molecule has 0 bridgehead atoms. The molecule has 2 heterocycles. The number of anilines is 1. The van der Waals surface area contributed by atoms with Crippen LogP contribution in [0, 0.1) is 12.8 Å². The minimum Gasteiger partial charge on any atom is -0.463 e. The van der Waals surface area contributed by atoms with E-state index in [0.29, 0.717) is 21.0 Å². The van der Waals surface area contributed by atoms with Crippen LogP contribution in [-0.4, -0.2) is 30.1 Å². The van der Waals surface area contributed by atoms with Gasteiger partial charge in [-0.3, -0.25) is 5.32 Å². The fourth-order valence-electron chi connectivity index (χ4n) is 2.55. The van der Waals surface area contributed by atoms with Gasteiger partial charge in [0, 0.05) is 5.69 Å². The summed E-state index contributed by atoms with van der Waals surface area (Å²) < 4.78 is 36.7. The van der Waals surface area contributed by atoms with Crippen molar-refractivity contribution in [1.29, 1.82) is 0 Å². The van der Waals surface area contributed by atoms with Gasteiger partial charge in [0.25, 0.3) is 10.0 Å². The molecule has 1 aromatic carbocycles. The van der Waals surface area contributed by atoms with Crippen LogP contribution in [0.15, 0.2) is 56.9 Å². The van der Waals surface area contributed by atoms with Gasteiger partial charge >= 0.3 is 11.8 Å². The van der Waals surface area contributed by atoms with E-state index < -0.39 is 21.8 Å². The van der Waals surface area contributed by atoms with Crippen LogP contribution in [0.3, 0.4) is 0 Å². The third-order valence-electron chi connectivity index (χ3n) is 4.01. The number of H-pyrrole nitrogens is 1. The van der Waals surface area contributed by atoms with Gasteiger partial charge in [-0.15, -0.1) is 0 Å². The van der Waals surface area contributed by atoms with E-state index in [9.17, 15) is 18.0 Å². The van der Waals surface area contributed by atoms with Crippen LogP contribution in [0.2, 0.25) is 0 Å². The summed E-state index contributed by atoms with van der Waals surface area (Å²) >= 11 is 0. The molecular weight excluding hydrogens is 398 g/mol. The SMILES string of the molecule is Cc1cc(S(=O)(=O)n2cc(-c3ccco3)[nH]c2=O)ccc1NC(=O)OCC(C)C. The first kappa shape index (κ1) is 20.5. The summed E-state index contributed by atoms with van der Waals surface area (Å²) in [5.74, 6) is 0.534. The molecule has 0 aliphatic carbocycles. The van der Waals surface area contributed by atoms with Crippen molar-refractivity contribution in [1.82, 2.24) is 8.96 Å². The second-order valence-corrected chi connectivity index (χ2v) is 8.66. The highest BCUT2D eigenvalue weighted by Crippen LogP contribution is 2.23. The Bertz CT molecular complexity index is 1170. The number of carbonyl (C=O) groups excluding carboxylic acids is 1. The average molecular weight is 419 g/mol. The molecule has 3 rings (SSSR count). The molecule has 0 atom stereocenters. The molecule has 3 aromatic rings. The number of nitrogens with one attached hydrogen (secondary N) is 2. The third kappa shape index (κ3) is 4.43. The Morgan fingerprint density at radius 3 is 2.69 bits per heavy atom. The molecule has 0 radical (unpaired) electrons. The van der Waals surface area contributed by atoms with Gasteiger partial charge in [-0.2, -0.15) is 3.97 Å². The first-order valence-corrected chi connectivity index (χ1v) is 10.3. The number of rotatable bonds is 6. The van der Waals surface area contributed by atoms with E-state index in [-0.39, 0.29) is 23.1 Å². The number of benzene rings is 1. The Morgan fingerprint density at radius 2 is 2.07 bits per heavy atom. The number of amides is 1. The average Bonchev–Trinajstić information content (AvgIpc) is 3.31. The summed E-state index contributed by atoms with van der Waals surface area (Å²) in [6.45, 7) is 5.74. The molecule has 0 aliphatic heterocycles. The number of aromatic amines is 1. The van der Waals surface area contributed by atoms with Gasteiger partial charge in [-0.25, -0.2) is 18.0 Å². The highest BCUT2D eigenvalue weighted by atomic mass is 32.2. The molecule has 0 unspecified atom stereocenters. The fourth-order valence-corrected chi connectivity index (χ4v) is 3.85. The fraction of sp³-hybridized carbons (Fsp3) is 0.263. The van der Waals surface area contributed by atoms with Crippen molar-refractivity contribution >= 4 is 21.8 Å². The summed E-state index contributed by atoms with van der Waals surface area (Å²) in [5.41, 5.74) is 0.345. The molecule has 2 aromatic heterocycles. The maximum atomic E-state index is 12.9. The quantitative estimate of drug-likeness (QED) is 0.632. The highest BCUT2D eigenvalue weighted by Gasteiger charge is 2.22. The summed E-state index contributed by atoms with van der Waals surface area (Å²) in [4.78, 5) is 26.4. The normalized spacial score (nSPS) is 11.6. The Labute approximate surface area is 167 Å². The van der Waals surface area contributed by atoms with E-state index in [0.717, 1.165) is 0 Å². The highest BCUT2D eigenvalue weighted by molar-refractivity contribution is 7.90. The Balaban J connectivity index is 1.86. The topological polar surface area (TPSA) is 123 Å². The molecule has 2 N–H and O–H groups in total. The zero-order valence-electron chi connectivity index (χ0n) is 16.1. The standard InChI is InChI=1S/C19H21N3O6S/c1-12(2)11-28-19(24)21-15-7-6-14(9-13(15)3)29(25,26)22-10-16(20-18(22)23)17-5-4-8-27-17/h4-10,12H,11H2,1-3H3,(H,20,23)(H,21,24). The third-order valence-corrected chi connectivity index (χ3v) is 5.65. The molecule has 29 heavy (non-hydrogen) atoms. The van der Waals surface area contributed by atoms with Gasteiger partial charge in [0.05, 0.1) is 24.0 Å². The first-order valence-electron chi connectivity index (χ1n) is 8.84. The minimum atomic E-state index is -4.14. The first-order chi connectivity index (χ1) is 13.7. The lowest BCUT2D eigenvalue weighted by Gasteiger charge is -2.12. The Kier molecular flexibility index (Phi) is 5.64. The lowest BCUT2D eigenvalue weighted by Crippen LogP contribution is -2.24. The second kappa shape index (κ2) is 8.00. The zero-order valence-corrected chi connectivity index (χ0v) is 16.9. The monoisotopic (exact) mass is 419 g/mol. The molecule has 154 valence electrons. The molecule has 0 aliphatic rings. The van der Waals surface area contributed by atoms with Crippen LogP contribution >= 0.6 is 0 Å². The molecule has 0 spiro atoms. The lowest BCUT2D eigenvalue weighted by molar-refractivity contribution is 0.147. The van der Waals surface area contributed by atoms with Crippen LogP contribution in [0.4, 0.5) is 10.5 Å². The molecule has 9 nitrogen and oxygen atoms in total. The van der Waals surface area contributed by atoms with Crippen molar-refractivity contribution in [3.63, 3.8) is 0 Å². The van der Waals surface area contributed by atoms with Crippen molar-refractivity contribution in [2.45, 2.75) is 25.7 Å². The van der Waals surface area contributed by atoms with E-state index in [1.165, 1.54) is 30.7 Å². The largest absolute Gasteiger partial charge is 0.463 e. The Morgan fingerprint density at radius 1 is 1.31 bits per heavy atom. The summed E-state index contributed by atoms with van der Waals surface area (Å²) in [6.07, 6.45) is 1.96. The van der Waals surface area contributed by atoms with E-state index >= 15 is 0 Å². The van der Waals surface area contributed by atoms with Crippen molar-refractivity contribution in [3.05, 3.63) is 58.8 Å². The number of ether oxygens (including phenoxy) is 1. The summed E-state index contributed by atoms with van der Waals surface area (Å²) in [5, 5.41) is 2.57. The van der Waals surface area contributed by atoms with E-state index in [4.69, 9.17) is 9.15 Å². The predicted molar refractivity (Wildman–Crippen MR) is 106 cm³/mol. The summed E-state index contributed by atoms with van der Waals surface area (Å²) in [7, 11) is -4.14. The Hall–Kier alpha value is -3.27. The molecule has 0 fully saturated rings. The van der Waals surface area contributed by atoms with Crippen LogP contribution in [0.1, 0.15) is 19.4 Å². The maximum absolute atomic E-state index is 12.9. The van der Waals surface area contributed by atoms with Gasteiger partial charge in [-0.1, -0.05) is 13.8 Å². The number of furan rings is 1. The van der Waals surface area contributed by atoms with E-state index in [1.54, 1.807) is 19.1 Å². The smallest absolute Gasteiger partial charge is 0.411 e. The van der Waals surface area contributed by atoms with Crippen molar-refractivity contribution in [3.8, 4) is 11.5 Å². The molecule has 0 saturated heterocycles. The number of nitrogens with zero attached hydrogens (tertiary/aromatic N) is 1. The van der Waals surface area contributed by atoms with Gasteiger partial charge < -0.3 is 14.1 Å². The van der Waals surface area contributed by atoms with Gasteiger partial charge in [0.1, 0.15) is 5.69 Å². The minimum absolute atomic E-state index is 0.0943. The van der Waals surface area contributed by atoms with Crippen LogP contribution in [0.5, 0.6) is 0 Å². The maximum Gasteiger partial charge on any atom is 0.411 e. The van der Waals surface area contributed by atoms with Gasteiger partial charge in [0.15, 0.2) is 5.76 Å². The molecular formula is C19H21N3O6S. The van der Waals surface area contributed by atoms with Gasteiger partial charge in [0.2, 0.25) is 0 Å². The molecule has 1 amide bonds. The van der Waals surface area contributed by atoms with Crippen molar-refractivity contribution in [2.24, 2.45) is 5.92 Å². The van der Waals surface area contributed by atoms with Crippen LogP contribution < -0.4 is 11.0 Å². The zero-order chi connectivity index (χ0) is 21.2. The number of imidazole rings is 1. The number of carbonyl (C=O) groups is 1. The number of hydrogen-bond acceptors (Lipinski definition) is 6. The predicted octanol–water partition coefficient (Wildman–Crippen LogP) is 3.19. The number of aromatic nitrogens is 2. The van der Waals surface area contributed by atoms with E-state index in [1.807, 2.05) is 13.8 Å². The van der Waals surface area contributed by atoms with Gasteiger partial charge in [-0.05, 0) is 48.7 Å². The van der Waals surface area contributed by atoms with Crippen LogP contribution in [-0.2, 0) is 14.8 Å². The summed E-state index contributed by atoms with van der Waals surface area (Å²) in [6, 6.07) is 7.36. The second-order valence-electron chi connectivity index (χ2n) is 6.85. The number of hydrogen-bond donors (Lipinski definition) is 2. The van der Waals surface area contributed by atoms with Crippen LogP contribution in [0.25, 0.3) is 11.5 Å². The van der Waals surface area contributed by atoms with E-state index in [2.05, 4.69) is 10.3 Å². The number of aryl methyl sites for hydroxylation is 1. The van der Waals surface area contributed by atoms with Crippen molar-refractivity contribution < 1.29 is 22.4 Å². The lowest BCUT2D eigenvalue weighted by atomic mass is 10.2.